The van der Waals surface area contributed by atoms with E-state index in [-0.39, 0.29) is 12.3 Å². The SMILES string of the molecule is FC(F)(F)CNCc1ccc(OCC(F)(F)F)cc1. The van der Waals surface area contributed by atoms with Crippen molar-refractivity contribution in [1.82, 2.24) is 5.32 Å². The van der Waals surface area contributed by atoms with Gasteiger partial charge in [-0.05, 0) is 17.7 Å². The van der Waals surface area contributed by atoms with Gasteiger partial charge in [0.25, 0.3) is 0 Å². The Bertz CT molecular complexity index is 384. The van der Waals surface area contributed by atoms with Crippen molar-refractivity contribution in [1.29, 1.82) is 0 Å². The number of benzene rings is 1. The number of nitrogens with one attached hydrogen (secondary N) is 1. The third kappa shape index (κ3) is 7.55. The quantitative estimate of drug-likeness (QED) is 0.839. The average molecular weight is 287 g/mol. The monoisotopic (exact) mass is 287 g/mol. The summed E-state index contributed by atoms with van der Waals surface area (Å²) in [4.78, 5) is 0. The molecule has 0 aliphatic carbocycles. The molecule has 1 N–H and O–H groups in total. The molecule has 0 saturated carbocycles. The van der Waals surface area contributed by atoms with Crippen LogP contribution in [0, 0.1) is 0 Å². The highest BCUT2D eigenvalue weighted by Gasteiger charge is 2.28. The van der Waals surface area contributed by atoms with E-state index in [1.807, 2.05) is 0 Å². The fourth-order valence-corrected chi connectivity index (χ4v) is 1.22. The third-order valence-corrected chi connectivity index (χ3v) is 1.98. The molecular formula is C11H11F6NO. The summed E-state index contributed by atoms with van der Waals surface area (Å²) >= 11 is 0. The van der Waals surface area contributed by atoms with E-state index < -0.39 is 25.5 Å². The van der Waals surface area contributed by atoms with Gasteiger partial charge >= 0.3 is 12.4 Å². The molecular weight excluding hydrogens is 276 g/mol. The second kappa shape index (κ2) is 6.14. The predicted molar refractivity (Wildman–Crippen MR) is 55.8 cm³/mol. The first-order valence-corrected chi connectivity index (χ1v) is 5.22. The smallest absolute Gasteiger partial charge is 0.422 e. The van der Waals surface area contributed by atoms with E-state index in [1.54, 1.807) is 0 Å². The van der Waals surface area contributed by atoms with Gasteiger partial charge in [-0.3, -0.25) is 0 Å². The summed E-state index contributed by atoms with van der Waals surface area (Å²) in [6.07, 6.45) is -8.72. The maximum Gasteiger partial charge on any atom is 0.422 e. The summed E-state index contributed by atoms with van der Waals surface area (Å²) in [5, 5.41) is 2.17. The molecule has 1 aromatic rings. The molecule has 0 spiro atoms. The number of hydrogen-bond donors (Lipinski definition) is 1. The molecule has 1 rings (SSSR count). The van der Waals surface area contributed by atoms with Gasteiger partial charge in [-0.15, -0.1) is 0 Å². The Morgan fingerprint density at radius 1 is 0.895 bits per heavy atom. The normalized spacial score (nSPS) is 12.5. The molecule has 0 fully saturated rings. The summed E-state index contributed by atoms with van der Waals surface area (Å²) in [6, 6.07) is 5.34. The lowest BCUT2D eigenvalue weighted by Crippen LogP contribution is -2.28. The van der Waals surface area contributed by atoms with Crippen LogP contribution in [0.1, 0.15) is 5.56 Å². The van der Waals surface area contributed by atoms with Crippen molar-refractivity contribution in [2.24, 2.45) is 0 Å². The van der Waals surface area contributed by atoms with Crippen molar-refractivity contribution in [3.63, 3.8) is 0 Å². The van der Waals surface area contributed by atoms with Gasteiger partial charge in [0.1, 0.15) is 5.75 Å². The number of alkyl halides is 6. The van der Waals surface area contributed by atoms with Gasteiger partial charge in [0, 0.05) is 6.54 Å². The minimum Gasteiger partial charge on any atom is -0.484 e. The molecule has 0 heterocycles. The summed E-state index contributed by atoms with van der Waals surface area (Å²) < 4.78 is 75.6. The molecule has 0 aromatic heterocycles. The second-order valence-corrected chi connectivity index (χ2v) is 3.77. The molecule has 0 aliphatic heterocycles. The third-order valence-electron chi connectivity index (χ3n) is 1.98. The lowest BCUT2D eigenvalue weighted by Gasteiger charge is -2.10. The van der Waals surface area contributed by atoms with Crippen LogP contribution in [0.15, 0.2) is 24.3 Å². The van der Waals surface area contributed by atoms with Gasteiger partial charge in [-0.1, -0.05) is 12.1 Å². The topological polar surface area (TPSA) is 21.3 Å². The molecule has 0 bridgehead atoms. The van der Waals surface area contributed by atoms with Crippen molar-refractivity contribution < 1.29 is 31.1 Å². The zero-order valence-electron chi connectivity index (χ0n) is 9.61. The number of halogens is 6. The molecule has 19 heavy (non-hydrogen) atoms. The molecule has 0 amide bonds. The number of rotatable bonds is 5. The van der Waals surface area contributed by atoms with E-state index in [1.165, 1.54) is 24.3 Å². The van der Waals surface area contributed by atoms with Crippen molar-refractivity contribution in [3.05, 3.63) is 29.8 Å². The van der Waals surface area contributed by atoms with Crippen molar-refractivity contribution in [2.75, 3.05) is 13.2 Å². The lowest BCUT2D eigenvalue weighted by atomic mass is 10.2. The summed E-state index contributed by atoms with van der Waals surface area (Å²) in [5.41, 5.74) is 0.517. The Balaban J connectivity index is 2.39. The molecule has 0 saturated heterocycles. The van der Waals surface area contributed by atoms with Crippen LogP contribution in [-0.2, 0) is 6.54 Å². The van der Waals surface area contributed by atoms with Crippen LogP contribution in [-0.4, -0.2) is 25.5 Å². The van der Waals surface area contributed by atoms with Crippen LogP contribution in [0.4, 0.5) is 26.3 Å². The summed E-state index contributed by atoms with van der Waals surface area (Å²) in [7, 11) is 0. The lowest BCUT2D eigenvalue weighted by molar-refractivity contribution is -0.153. The van der Waals surface area contributed by atoms with Gasteiger partial charge in [-0.2, -0.15) is 26.3 Å². The molecule has 2 nitrogen and oxygen atoms in total. The Morgan fingerprint density at radius 2 is 1.47 bits per heavy atom. The van der Waals surface area contributed by atoms with Crippen LogP contribution < -0.4 is 10.1 Å². The van der Waals surface area contributed by atoms with Crippen molar-refractivity contribution in [2.45, 2.75) is 18.9 Å². The first kappa shape index (κ1) is 15.6. The fraction of sp³-hybridized carbons (Fsp3) is 0.455. The predicted octanol–water partition coefficient (Wildman–Crippen LogP) is 3.28. The van der Waals surface area contributed by atoms with Gasteiger partial charge in [0.15, 0.2) is 6.61 Å². The average Bonchev–Trinajstić information content (AvgIpc) is 2.25. The van der Waals surface area contributed by atoms with Gasteiger partial charge in [-0.25, -0.2) is 0 Å². The van der Waals surface area contributed by atoms with Crippen LogP contribution in [0.25, 0.3) is 0 Å². The Kier molecular flexibility index (Phi) is 5.04. The van der Waals surface area contributed by atoms with E-state index in [4.69, 9.17) is 0 Å². The molecule has 0 unspecified atom stereocenters. The Labute approximate surface area is 105 Å². The first-order chi connectivity index (χ1) is 8.66. The van der Waals surface area contributed by atoms with Gasteiger partial charge < -0.3 is 10.1 Å². The Morgan fingerprint density at radius 3 is 1.95 bits per heavy atom. The van der Waals surface area contributed by atoms with Crippen LogP contribution in [0.3, 0.4) is 0 Å². The summed E-state index contributed by atoms with van der Waals surface area (Å²) in [6.45, 7) is -2.56. The van der Waals surface area contributed by atoms with E-state index in [0.29, 0.717) is 5.56 Å². The minimum atomic E-state index is -4.42. The van der Waals surface area contributed by atoms with Gasteiger partial charge in [0.2, 0.25) is 0 Å². The highest BCUT2D eigenvalue weighted by atomic mass is 19.4. The summed E-state index contributed by atoms with van der Waals surface area (Å²) in [5.74, 6) is 0.0110. The molecule has 8 heteroatoms. The largest absolute Gasteiger partial charge is 0.484 e. The van der Waals surface area contributed by atoms with E-state index in [0.717, 1.165) is 0 Å². The highest BCUT2D eigenvalue weighted by molar-refractivity contribution is 5.27. The fourth-order valence-electron chi connectivity index (χ4n) is 1.22. The van der Waals surface area contributed by atoms with E-state index in [9.17, 15) is 26.3 Å². The van der Waals surface area contributed by atoms with E-state index in [2.05, 4.69) is 10.1 Å². The van der Waals surface area contributed by atoms with Crippen molar-refractivity contribution in [3.8, 4) is 5.75 Å². The second-order valence-electron chi connectivity index (χ2n) is 3.77. The Hall–Kier alpha value is -1.44. The van der Waals surface area contributed by atoms with Crippen LogP contribution in [0.2, 0.25) is 0 Å². The van der Waals surface area contributed by atoms with Crippen LogP contribution >= 0.6 is 0 Å². The first-order valence-electron chi connectivity index (χ1n) is 5.22. The zero-order chi connectivity index (χ0) is 14.5. The zero-order valence-corrected chi connectivity index (χ0v) is 9.61. The van der Waals surface area contributed by atoms with Crippen LogP contribution in [0.5, 0.6) is 5.75 Å². The maximum atomic E-state index is 11.9. The standard InChI is InChI=1S/C11H11F6NO/c12-10(13,14)6-18-5-8-1-3-9(4-2-8)19-7-11(15,16)17/h1-4,18H,5-7H2. The minimum absolute atomic E-state index is 0.0110. The maximum absolute atomic E-state index is 11.9. The molecule has 0 aliphatic rings. The molecule has 108 valence electrons. The van der Waals surface area contributed by atoms with Crippen molar-refractivity contribution >= 4 is 0 Å². The molecule has 1 aromatic carbocycles. The molecule has 0 radical (unpaired) electrons. The molecule has 0 atom stereocenters. The van der Waals surface area contributed by atoms with E-state index >= 15 is 0 Å². The number of ether oxygens (including phenoxy) is 1. The number of hydrogen-bond acceptors (Lipinski definition) is 2. The highest BCUT2D eigenvalue weighted by Crippen LogP contribution is 2.19. The van der Waals surface area contributed by atoms with Gasteiger partial charge in [0.05, 0.1) is 6.54 Å².